The minimum atomic E-state index is -2.52. The van der Waals surface area contributed by atoms with Gasteiger partial charge in [0.1, 0.15) is 132 Å². The van der Waals surface area contributed by atoms with Gasteiger partial charge in [-0.05, 0) is 126 Å². The molecule has 0 radical (unpaired) electrons. The first-order valence-corrected chi connectivity index (χ1v) is 41.2. The molecule has 7 amide bonds. The van der Waals surface area contributed by atoms with Crippen LogP contribution >= 0.6 is 34.8 Å². The molecule has 0 aromatic heterocycles. The number of aromatic hydroxyl groups is 4. The van der Waals surface area contributed by atoms with E-state index in [0.29, 0.717) is 18.9 Å². The molecular weight excluding hydrogens is 1720 g/mol. The van der Waals surface area contributed by atoms with Crippen molar-refractivity contribution in [3.05, 3.63) is 163 Å². The number of amides is 7. The number of aliphatic hydroxyl groups excluding tert-OH is 6. The van der Waals surface area contributed by atoms with Gasteiger partial charge in [0.05, 0.1) is 15.1 Å². The van der Waals surface area contributed by atoms with E-state index in [1.165, 1.54) is 43.4 Å². The third-order valence-corrected chi connectivity index (χ3v) is 22.9. The smallest absolute Gasteiger partial charge is 0.335 e. The first-order valence-electron chi connectivity index (χ1n) is 40.0. The molecule has 8 aliphatic heterocycles. The van der Waals surface area contributed by atoms with Crippen molar-refractivity contribution in [3.63, 3.8) is 0 Å². The van der Waals surface area contributed by atoms with Gasteiger partial charge in [-0.1, -0.05) is 111 Å². The zero-order valence-electron chi connectivity index (χ0n) is 67.1. The third kappa shape index (κ3) is 20.2. The largest absolute Gasteiger partial charge is 0.508 e. The number of carbonyl (C=O) groups is 10. The number of carbonyl (C=O) groups excluding carboxylic acids is 8. The number of phenols is 4. The number of fused-ring (bicyclic) bond motifs is 14. The summed E-state index contributed by atoms with van der Waals surface area (Å²) in [6.07, 6.45) is -14.7. The Labute approximate surface area is 731 Å². The number of unbranched alkanes of at least 4 members (excludes halogenated alkanes) is 8. The van der Waals surface area contributed by atoms with Crippen LogP contribution in [0.5, 0.6) is 69.0 Å². The van der Waals surface area contributed by atoms with Crippen LogP contribution in [0.25, 0.3) is 11.1 Å². The quantitative estimate of drug-likeness (QED) is 0.0328. The summed E-state index contributed by atoms with van der Waals surface area (Å²) in [6, 6.07) is 2.18. The lowest BCUT2D eigenvalue weighted by Crippen LogP contribution is -2.66. The van der Waals surface area contributed by atoms with Gasteiger partial charge in [-0.3, -0.25) is 38.4 Å². The van der Waals surface area contributed by atoms with Crippen LogP contribution in [0.2, 0.25) is 15.1 Å². The number of hydrogen-bond donors (Lipinski definition) is 20. The van der Waals surface area contributed by atoms with Crippen molar-refractivity contribution in [2.45, 2.75) is 194 Å². The average molecular weight is 1810 g/mol. The van der Waals surface area contributed by atoms with Gasteiger partial charge in [0, 0.05) is 48.6 Å². The van der Waals surface area contributed by atoms with Crippen LogP contribution in [-0.2, 0) is 68.6 Å². The average Bonchev–Trinajstić information content (AvgIpc) is 0.754. The summed E-state index contributed by atoms with van der Waals surface area (Å²) in [4.78, 5) is 148. The standard InChI is InChI=1S/C85H89Cl3N8O30/c1-4-5-6-7-8-9-10-11-12-13-58(102)91-66-69(105)71(107)75(83(117)118)126-84(66)125-74-55-28-40-29-56(74)122-53-19-16-37(25-47(53)87)67(103)65-81(114)95-64(82(115)116)44-31-42(99)32-51(101)59(44)45-24-39(26-48(88)73(45)124-85-72(108)70(106)68(104)57(123-85)33-119-34(2)97)62(80(113)96-65)93-79(112)63(40)94-78(111)61-38-22-41(98)30-43(23-38)120-54-27-36(15-17-50(54)100)60(89-3)77(110)90-49(76(109)92-61)21-35-14-18-52(121-55)46(86)20-35/h14-20,22-32,49,57,60-72,75,84-85,89,98-101,103-108H,4-13,21,33H2,1-3H3,(H,90,110)(H,91,102)(H,92,109)(H,93,112)(H,94,111)(H,95,114)(H,96,113)(H,115,116)(H,117,118). The summed E-state index contributed by atoms with van der Waals surface area (Å²) in [5.41, 5.74) is -3.76. The Kier molecular flexibility index (Phi) is 28.5. The predicted molar refractivity (Wildman–Crippen MR) is 438 cm³/mol. The summed E-state index contributed by atoms with van der Waals surface area (Å²) in [7, 11) is 1.41. The van der Waals surface area contributed by atoms with Gasteiger partial charge in [-0.15, -0.1) is 0 Å². The number of hydrogen-bond acceptors (Lipinski definition) is 29. The molecule has 0 saturated carbocycles. The van der Waals surface area contributed by atoms with E-state index in [1.807, 2.05) is 0 Å². The first-order chi connectivity index (χ1) is 60.1. The summed E-state index contributed by atoms with van der Waals surface area (Å²) in [5, 5.41) is 157. The zero-order valence-corrected chi connectivity index (χ0v) is 69.4. The second kappa shape index (κ2) is 39.2. The van der Waals surface area contributed by atoms with E-state index in [1.54, 1.807) is 0 Å². The van der Waals surface area contributed by atoms with Gasteiger partial charge in [0.25, 0.3) is 0 Å². The number of phenolic OH excluding ortho intramolecular Hbond substituents is 4. The molecule has 17 bridgehead atoms. The molecule has 670 valence electrons. The molecule has 18 unspecified atom stereocenters. The molecule has 126 heavy (non-hydrogen) atoms. The number of carboxylic acid groups (broad SMARTS) is 2. The summed E-state index contributed by atoms with van der Waals surface area (Å²) >= 11 is 21.7. The number of nitrogens with one attached hydrogen (secondary N) is 8. The fourth-order valence-electron chi connectivity index (χ4n) is 15.5. The molecule has 18 atom stereocenters. The second-order valence-electron chi connectivity index (χ2n) is 30.9. The first kappa shape index (κ1) is 91.6. The molecule has 0 spiro atoms. The maximum Gasteiger partial charge on any atom is 0.335 e. The molecule has 8 heterocycles. The molecule has 2 fully saturated rings. The number of esters is 1. The van der Waals surface area contributed by atoms with Crippen molar-refractivity contribution in [2.24, 2.45) is 0 Å². The highest BCUT2D eigenvalue weighted by atomic mass is 35.5. The Morgan fingerprint density at radius 3 is 1.72 bits per heavy atom. The minimum Gasteiger partial charge on any atom is -0.508 e. The number of benzene rings is 7. The Morgan fingerprint density at radius 2 is 1.09 bits per heavy atom. The van der Waals surface area contributed by atoms with E-state index < -0.39 is 272 Å². The van der Waals surface area contributed by atoms with Crippen LogP contribution in [0.4, 0.5) is 0 Å². The summed E-state index contributed by atoms with van der Waals surface area (Å²) in [5.74, 6) is -21.1. The van der Waals surface area contributed by atoms with E-state index in [4.69, 9.17) is 72.7 Å². The lowest BCUT2D eigenvalue weighted by Gasteiger charge is -2.41. The predicted octanol–water partition coefficient (Wildman–Crippen LogP) is 5.55. The van der Waals surface area contributed by atoms with E-state index in [9.17, 15) is 85.3 Å². The molecule has 7 aromatic rings. The number of likely N-dealkylation sites (N-methyl/N-ethyl adjacent to an activating group) is 1. The van der Waals surface area contributed by atoms with Crippen molar-refractivity contribution in [3.8, 4) is 80.1 Å². The van der Waals surface area contributed by atoms with Crippen molar-refractivity contribution in [1.82, 2.24) is 42.5 Å². The van der Waals surface area contributed by atoms with Gasteiger partial charge in [0.15, 0.2) is 35.1 Å². The normalized spacial score (nSPS) is 25.9. The van der Waals surface area contributed by atoms with Crippen LogP contribution in [0.3, 0.4) is 0 Å². The van der Waals surface area contributed by atoms with Gasteiger partial charge >= 0.3 is 17.9 Å². The van der Waals surface area contributed by atoms with Crippen LogP contribution in [0.15, 0.2) is 109 Å². The van der Waals surface area contributed by atoms with Crippen molar-refractivity contribution >= 4 is 94.1 Å². The Morgan fingerprint density at radius 1 is 0.500 bits per heavy atom. The lowest BCUT2D eigenvalue weighted by atomic mass is 9.89. The maximum atomic E-state index is 16.8. The minimum absolute atomic E-state index is 0.171. The fourth-order valence-corrected chi connectivity index (χ4v) is 16.3. The highest BCUT2D eigenvalue weighted by Crippen LogP contribution is 2.52. The molecule has 0 aliphatic carbocycles. The Hall–Kier alpha value is -12.0. The highest BCUT2D eigenvalue weighted by Gasteiger charge is 2.52. The number of ether oxygens (including phenoxy) is 8. The van der Waals surface area contributed by atoms with Crippen molar-refractivity contribution < 1.29 is 147 Å². The molecule has 41 heteroatoms. The molecule has 2 saturated heterocycles. The molecule has 7 aromatic carbocycles. The molecular formula is C85H89Cl3N8O30. The fraction of sp³-hybridized carbons (Fsp3) is 0.388. The second-order valence-corrected chi connectivity index (χ2v) is 32.1. The van der Waals surface area contributed by atoms with E-state index >= 15 is 24.0 Å². The van der Waals surface area contributed by atoms with E-state index in [2.05, 4.69) is 49.5 Å². The topological polar surface area (TPSA) is 584 Å². The van der Waals surface area contributed by atoms with E-state index in [-0.39, 0.29) is 50.9 Å². The number of aliphatic hydroxyl groups is 6. The number of aliphatic carboxylic acids is 2. The lowest BCUT2D eigenvalue weighted by molar-refractivity contribution is -0.278. The molecule has 15 rings (SSSR count). The van der Waals surface area contributed by atoms with Crippen molar-refractivity contribution in [2.75, 3.05) is 13.7 Å². The van der Waals surface area contributed by atoms with Gasteiger partial charge in [-0.25, -0.2) is 9.59 Å². The third-order valence-electron chi connectivity index (χ3n) is 22.0. The molecule has 8 aliphatic rings. The van der Waals surface area contributed by atoms with Crippen LogP contribution in [-0.4, -0.2) is 208 Å². The van der Waals surface area contributed by atoms with Gasteiger partial charge in [-0.2, -0.15) is 0 Å². The van der Waals surface area contributed by atoms with Crippen LogP contribution in [0.1, 0.15) is 153 Å². The summed E-state index contributed by atoms with van der Waals surface area (Å²) in [6.45, 7) is 2.33. The number of rotatable bonds is 20. The van der Waals surface area contributed by atoms with Gasteiger partial charge in [0.2, 0.25) is 59.7 Å². The zero-order chi connectivity index (χ0) is 90.5. The molecule has 38 nitrogen and oxygen atoms in total. The maximum absolute atomic E-state index is 16.8. The van der Waals surface area contributed by atoms with Gasteiger partial charge < -0.3 is 142 Å². The molecule has 20 N–H and O–H groups in total. The summed E-state index contributed by atoms with van der Waals surface area (Å²) < 4.78 is 49.4. The number of carboxylic acids is 2. The number of halogens is 3. The Bertz CT molecular complexity index is 5400. The monoisotopic (exact) mass is 1810 g/mol. The van der Waals surface area contributed by atoms with Crippen molar-refractivity contribution in [1.29, 1.82) is 0 Å². The SMILES string of the molecule is CCCCCCCCCCCC(=O)NC1C(Oc2c3cc4cc2Oc2ccc(cc2Cl)C(O)C2NC(=O)C(NC(=O)C4NC(=O)C4NC(=O)C(Cc5ccc(c(Cl)c5)O3)NC(=O)C(NC)c3ccc(O)c(c3)Oc3cc(O)cc4c3)c3cc(Cl)c(OC4OC(COC(C)=O)C(O)C(O)C4O)c(c3)-c3c(O)cc(O)cc3C(C(=O)O)NC2=O)OC(C(=O)O)C(O)C1O. The Balaban J connectivity index is 1.05. The van der Waals surface area contributed by atoms with Crippen LogP contribution < -0.4 is 66.2 Å². The van der Waals surface area contributed by atoms with Crippen LogP contribution in [0, 0.1) is 0 Å². The van der Waals surface area contributed by atoms with E-state index in [0.717, 1.165) is 119 Å². The highest BCUT2D eigenvalue weighted by molar-refractivity contribution is 6.33.